The summed E-state index contributed by atoms with van der Waals surface area (Å²) in [7, 11) is 0. The molecule has 0 aliphatic heterocycles. The van der Waals surface area contributed by atoms with Crippen LogP contribution in [-0.2, 0) is 0 Å². The van der Waals surface area contributed by atoms with E-state index >= 15 is 0 Å². The Hall–Kier alpha value is -1.04. The summed E-state index contributed by atoms with van der Waals surface area (Å²) in [4.78, 5) is 0. The standard InChI is InChI=1S/C12H15/c1-2-4-6-8-10-12-11-9-7-5-3-1/h1-4,7-9H,5,10-12H2/b3-1-,4-2-,8-6?,9-7+. The molecule has 0 aromatic rings. The SMILES string of the molecule is [C]1=C\CCC/C=C/C\C=C/C=C\1. The van der Waals surface area contributed by atoms with Gasteiger partial charge in [0.15, 0.2) is 0 Å². The Morgan fingerprint density at radius 1 is 0.917 bits per heavy atom. The summed E-state index contributed by atoms with van der Waals surface area (Å²) in [6, 6.07) is 0. The molecular formula is C12H15. The van der Waals surface area contributed by atoms with E-state index in [1.54, 1.807) is 0 Å². The van der Waals surface area contributed by atoms with Gasteiger partial charge in [-0.05, 0) is 31.8 Å². The van der Waals surface area contributed by atoms with Crippen LogP contribution in [0, 0.1) is 6.08 Å². The molecule has 0 spiro atoms. The summed E-state index contributed by atoms with van der Waals surface area (Å²) < 4.78 is 0. The van der Waals surface area contributed by atoms with Crippen molar-refractivity contribution in [3.8, 4) is 0 Å². The average Bonchev–Trinajstić information content (AvgIpc) is 2.05. The van der Waals surface area contributed by atoms with E-state index in [4.69, 9.17) is 0 Å². The van der Waals surface area contributed by atoms with Crippen LogP contribution >= 0.6 is 0 Å². The molecule has 0 aromatic carbocycles. The summed E-state index contributed by atoms with van der Waals surface area (Å²) in [6.45, 7) is 0. The van der Waals surface area contributed by atoms with Gasteiger partial charge < -0.3 is 0 Å². The van der Waals surface area contributed by atoms with Gasteiger partial charge >= 0.3 is 0 Å². The van der Waals surface area contributed by atoms with E-state index in [1.807, 2.05) is 12.2 Å². The Labute approximate surface area is 75.0 Å². The molecule has 0 bridgehead atoms. The van der Waals surface area contributed by atoms with Crippen molar-refractivity contribution in [1.29, 1.82) is 0 Å². The van der Waals surface area contributed by atoms with Gasteiger partial charge in [0.25, 0.3) is 0 Å². The fraction of sp³-hybridized carbons (Fsp3) is 0.333. The molecule has 0 saturated heterocycles. The number of hydrogen-bond acceptors (Lipinski definition) is 0. The maximum atomic E-state index is 3.12. The minimum Gasteiger partial charge on any atom is -0.0882 e. The summed E-state index contributed by atoms with van der Waals surface area (Å²) >= 11 is 0. The highest BCUT2D eigenvalue weighted by molar-refractivity contribution is 5.09. The summed E-state index contributed by atoms with van der Waals surface area (Å²) in [5, 5.41) is 0. The van der Waals surface area contributed by atoms with Gasteiger partial charge in [-0.15, -0.1) is 0 Å². The van der Waals surface area contributed by atoms with E-state index in [9.17, 15) is 0 Å². The smallest absolute Gasteiger partial charge is 0.0166 e. The van der Waals surface area contributed by atoms with Crippen LogP contribution in [0.1, 0.15) is 25.7 Å². The zero-order chi connectivity index (χ0) is 8.49. The molecule has 0 heterocycles. The molecule has 0 unspecified atom stereocenters. The molecule has 63 valence electrons. The van der Waals surface area contributed by atoms with Gasteiger partial charge in [-0.2, -0.15) is 0 Å². The lowest BCUT2D eigenvalue weighted by atomic mass is 10.2. The van der Waals surface area contributed by atoms with E-state index in [0.29, 0.717) is 0 Å². The third-order valence-corrected chi connectivity index (χ3v) is 1.72. The lowest BCUT2D eigenvalue weighted by molar-refractivity contribution is 0.864. The molecular weight excluding hydrogens is 144 g/mol. The van der Waals surface area contributed by atoms with Crippen LogP contribution in [0.25, 0.3) is 0 Å². The molecule has 1 rings (SSSR count). The molecule has 0 N–H and O–H groups in total. The van der Waals surface area contributed by atoms with Gasteiger partial charge in [0.2, 0.25) is 0 Å². The zero-order valence-corrected chi connectivity index (χ0v) is 7.37. The fourth-order valence-electron chi connectivity index (χ4n) is 1.05. The van der Waals surface area contributed by atoms with Crippen molar-refractivity contribution in [2.45, 2.75) is 25.7 Å². The maximum absolute atomic E-state index is 3.12. The van der Waals surface area contributed by atoms with Crippen LogP contribution in [0.2, 0.25) is 0 Å². The molecule has 1 aliphatic rings. The molecule has 0 atom stereocenters. The highest BCUT2D eigenvalue weighted by atomic mass is 13.9. The predicted molar refractivity (Wildman–Crippen MR) is 53.7 cm³/mol. The Kier molecular flexibility index (Phi) is 5.02. The maximum Gasteiger partial charge on any atom is -0.0166 e. The quantitative estimate of drug-likeness (QED) is 0.474. The van der Waals surface area contributed by atoms with Crippen LogP contribution in [-0.4, -0.2) is 0 Å². The van der Waals surface area contributed by atoms with Gasteiger partial charge in [-0.1, -0.05) is 42.5 Å². The first kappa shape index (κ1) is 9.05. The van der Waals surface area contributed by atoms with Crippen LogP contribution < -0.4 is 0 Å². The second-order valence-electron chi connectivity index (χ2n) is 2.80. The third-order valence-electron chi connectivity index (χ3n) is 1.72. The summed E-state index contributed by atoms with van der Waals surface area (Å²) in [6.07, 6.45) is 22.5. The summed E-state index contributed by atoms with van der Waals surface area (Å²) in [5.74, 6) is 0. The lowest BCUT2D eigenvalue weighted by Gasteiger charge is -1.89. The van der Waals surface area contributed by atoms with Gasteiger partial charge in [0.1, 0.15) is 0 Å². The van der Waals surface area contributed by atoms with Crippen molar-refractivity contribution in [3.05, 3.63) is 48.6 Å². The summed E-state index contributed by atoms with van der Waals surface area (Å²) in [5.41, 5.74) is 0. The Morgan fingerprint density at radius 3 is 2.92 bits per heavy atom. The van der Waals surface area contributed by atoms with Crippen molar-refractivity contribution in [3.63, 3.8) is 0 Å². The first-order valence-electron chi connectivity index (χ1n) is 4.54. The molecule has 0 amide bonds. The van der Waals surface area contributed by atoms with Gasteiger partial charge in [-0.25, -0.2) is 0 Å². The normalized spacial score (nSPS) is 29.3. The minimum atomic E-state index is 1.05. The van der Waals surface area contributed by atoms with Crippen LogP contribution in [0.3, 0.4) is 0 Å². The predicted octanol–water partition coefficient (Wildman–Crippen LogP) is 3.59. The Morgan fingerprint density at radius 2 is 1.92 bits per heavy atom. The number of rotatable bonds is 0. The monoisotopic (exact) mass is 159 g/mol. The molecule has 0 fully saturated rings. The van der Waals surface area contributed by atoms with E-state index in [0.717, 1.165) is 12.8 Å². The molecule has 0 aromatic heterocycles. The Bertz CT molecular complexity index is 204. The number of hydrogen-bond donors (Lipinski definition) is 0. The number of allylic oxidation sites excluding steroid dienone is 8. The van der Waals surface area contributed by atoms with Crippen molar-refractivity contribution in [1.82, 2.24) is 0 Å². The van der Waals surface area contributed by atoms with E-state index in [2.05, 4.69) is 36.5 Å². The molecule has 1 aliphatic carbocycles. The van der Waals surface area contributed by atoms with Crippen LogP contribution in [0.5, 0.6) is 0 Å². The van der Waals surface area contributed by atoms with Crippen molar-refractivity contribution in [2.24, 2.45) is 0 Å². The molecule has 1 radical (unpaired) electrons. The first-order chi connectivity index (χ1) is 6.00. The van der Waals surface area contributed by atoms with Gasteiger partial charge in [0, 0.05) is 0 Å². The lowest BCUT2D eigenvalue weighted by Crippen LogP contribution is -1.70. The van der Waals surface area contributed by atoms with E-state index in [-0.39, 0.29) is 0 Å². The van der Waals surface area contributed by atoms with Crippen molar-refractivity contribution >= 4 is 0 Å². The minimum absolute atomic E-state index is 1.05. The van der Waals surface area contributed by atoms with Crippen molar-refractivity contribution in [2.75, 3.05) is 0 Å². The molecule has 0 nitrogen and oxygen atoms in total. The topological polar surface area (TPSA) is 0 Å². The second-order valence-corrected chi connectivity index (χ2v) is 2.80. The zero-order valence-electron chi connectivity index (χ0n) is 7.37. The van der Waals surface area contributed by atoms with Crippen molar-refractivity contribution < 1.29 is 0 Å². The van der Waals surface area contributed by atoms with Crippen LogP contribution in [0.4, 0.5) is 0 Å². The van der Waals surface area contributed by atoms with Gasteiger partial charge in [0.05, 0.1) is 0 Å². The second kappa shape index (κ2) is 6.66. The molecule has 0 heteroatoms. The average molecular weight is 159 g/mol. The van der Waals surface area contributed by atoms with Gasteiger partial charge in [-0.3, -0.25) is 0 Å². The Balaban J connectivity index is 2.42. The fourth-order valence-corrected chi connectivity index (χ4v) is 1.05. The van der Waals surface area contributed by atoms with E-state index in [1.165, 1.54) is 12.8 Å². The molecule has 12 heavy (non-hydrogen) atoms. The molecule has 0 saturated carbocycles. The van der Waals surface area contributed by atoms with Crippen LogP contribution in [0.15, 0.2) is 42.5 Å². The largest absolute Gasteiger partial charge is 0.0882 e. The third kappa shape index (κ3) is 4.73. The first-order valence-corrected chi connectivity index (χ1v) is 4.54. The highest BCUT2D eigenvalue weighted by Gasteiger charge is 1.80. The van der Waals surface area contributed by atoms with E-state index < -0.39 is 0 Å². The highest BCUT2D eigenvalue weighted by Crippen LogP contribution is 2.00.